The number of nitrogens with one attached hydrogen (secondary N) is 1. The van der Waals surface area contributed by atoms with Crippen LogP contribution < -0.4 is 5.43 Å². The zero-order valence-electron chi connectivity index (χ0n) is 8.62. The minimum absolute atomic E-state index is 0.400. The van der Waals surface area contributed by atoms with E-state index >= 15 is 0 Å². The van der Waals surface area contributed by atoms with Crippen LogP contribution in [0.2, 0.25) is 0 Å². The number of ether oxygens (including phenoxy) is 1. The summed E-state index contributed by atoms with van der Waals surface area (Å²) in [4.78, 5) is 12.9. The summed E-state index contributed by atoms with van der Waals surface area (Å²) in [6.07, 6.45) is 3.17. The number of benzene rings is 1. The Labute approximate surface area is 91.8 Å². The maximum Gasteiger partial charge on any atom is 0.340 e. The van der Waals surface area contributed by atoms with Gasteiger partial charge in [0.05, 0.1) is 30.8 Å². The molecular weight excluding hydrogens is 208 g/mol. The molecule has 1 N–H and O–H groups in total. The molecule has 0 aliphatic carbocycles. The fourth-order valence-corrected chi connectivity index (χ4v) is 1.26. The molecule has 0 radical (unpaired) electrons. The van der Waals surface area contributed by atoms with Crippen LogP contribution in [0, 0.1) is 0 Å². The summed E-state index contributed by atoms with van der Waals surface area (Å²) in [6.45, 7) is 0. The highest BCUT2D eigenvalue weighted by atomic mass is 16.5. The molecular formula is C10H10N4O2. The van der Waals surface area contributed by atoms with E-state index in [1.54, 1.807) is 24.4 Å². The van der Waals surface area contributed by atoms with Gasteiger partial charge in [-0.2, -0.15) is 4.79 Å². The number of esters is 1. The van der Waals surface area contributed by atoms with Crippen molar-refractivity contribution >= 4 is 11.7 Å². The first-order valence-corrected chi connectivity index (χ1v) is 4.62. The van der Waals surface area contributed by atoms with Gasteiger partial charge in [0, 0.05) is 0 Å². The summed E-state index contributed by atoms with van der Waals surface area (Å²) in [5, 5.41) is 7.39. The van der Waals surface area contributed by atoms with Crippen molar-refractivity contribution in [1.29, 1.82) is 0 Å². The molecule has 0 amide bonds. The van der Waals surface area contributed by atoms with Gasteiger partial charge in [-0.1, -0.05) is 12.1 Å². The van der Waals surface area contributed by atoms with Crippen LogP contribution in [0.4, 0.5) is 5.69 Å². The Morgan fingerprint density at radius 2 is 2.25 bits per heavy atom. The summed E-state index contributed by atoms with van der Waals surface area (Å²) < 4.78 is 4.67. The van der Waals surface area contributed by atoms with Crippen LogP contribution in [0.1, 0.15) is 10.4 Å². The van der Waals surface area contributed by atoms with Gasteiger partial charge in [0.15, 0.2) is 0 Å². The number of para-hydroxylation sites is 1. The highest BCUT2D eigenvalue weighted by Gasteiger charge is 2.10. The van der Waals surface area contributed by atoms with Crippen molar-refractivity contribution in [3.63, 3.8) is 0 Å². The molecule has 0 aliphatic heterocycles. The van der Waals surface area contributed by atoms with Gasteiger partial charge in [-0.25, -0.2) is 4.79 Å². The predicted octanol–water partition coefficient (Wildman–Crippen LogP) is 0.940. The van der Waals surface area contributed by atoms with E-state index in [4.69, 9.17) is 0 Å². The molecule has 0 spiro atoms. The van der Waals surface area contributed by atoms with Gasteiger partial charge in [0.25, 0.3) is 0 Å². The number of rotatable bonds is 3. The normalized spacial score (nSPS) is 9.81. The van der Waals surface area contributed by atoms with Crippen molar-refractivity contribution in [1.82, 2.24) is 15.1 Å². The second-order valence-corrected chi connectivity index (χ2v) is 3.00. The monoisotopic (exact) mass is 218 g/mol. The van der Waals surface area contributed by atoms with Gasteiger partial charge in [-0.3, -0.25) is 5.43 Å². The van der Waals surface area contributed by atoms with E-state index in [1.807, 2.05) is 6.07 Å². The molecule has 0 saturated heterocycles. The highest BCUT2D eigenvalue weighted by molar-refractivity contribution is 5.95. The molecule has 1 aromatic carbocycles. The molecule has 0 saturated carbocycles. The number of hydrogen-bond donors (Lipinski definition) is 1. The zero-order chi connectivity index (χ0) is 11.4. The van der Waals surface area contributed by atoms with E-state index in [2.05, 4.69) is 20.5 Å². The second kappa shape index (κ2) is 4.43. The van der Waals surface area contributed by atoms with Gasteiger partial charge in [-0.15, -0.1) is 5.10 Å². The van der Waals surface area contributed by atoms with E-state index in [0.717, 1.165) is 0 Å². The van der Waals surface area contributed by atoms with Crippen LogP contribution in [0.5, 0.6) is 0 Å². The summed E-state index contributed by atoms with van der Waals surface area (Å²) in [5.74, 6) is -0.400. The lowest BCUT2D eigenvalue weighted by atomic mass is 10.2. The molecule has 1 aromatic heterocycles. The molecule has 16 heavy (non-hydrogen) atoms. The quantitative estimate of drug-likeness (QED) is 0.776. The minimum Gasteiger partial charge on any atom is -0.465 e. The molecule has 2 aromatic rings. The Bertz CT molecular complexity index is 481. The van der Waals surface area contributed by atoms with Crippen LogP contribution in [0.25, 0.3) is 0 Å². The van der Waals surface area contributed by atoms with E-state index in [1.165, 1.54) is 18.1 Å². The van der Waals surface area contributed by atoms with Crippen LogP contribution in [-0.2, 0) is 4.74 Å². The molecule has 0 aliphatic rings. The van der Waals surface area contributed by atoms with Crippen LogP contribution >= 0.6 is 0 Å². The fraction of sp³-hybridized carbons (Fsp3) is 0.100. The minimum atomic E-state index is -0.400. The number of hydrogen-bond acceptors (Lipinski definition) is 5. The first kappa shape index (κ1) is 10.2. The van der Waals surface area contributed by atoms with E-state index in [-0.39, 0.29) is 0 Å². The SMILES string of the molecule is COC(=O)c1ccccc1Nn1ccnn1. The van der Waals surface area contributed by atoms with Crippen molar-refractivity contribution in [2.24, 2.45) is 0 Å². The predicted molar refractivity (Wildman–Crippen MR) is 56.8 cm³/mol. The Hall–Kier alpha value is -2.37. The van der Waals surface area contributed by atoms with Crippen LogP contribution in [0.15, 0.2) is 36.7 Å². The molecule has 6 heteroatoms. The van der Waals surface area contributed by atoms with Gasteiger partial charge in [-0.05, 0) is 17.3 Å². The molecule has 0 bridgehead atoms. The smallest absolute Gasteiger partial charge is 0.340 e. The second-order valence-electron chi connectivity index (χ2n) is 3.00. The Balaban J connectivity index is 2.30. The summed E-state index contributed by atoms with van der Waals surface area (Å²) in [6, 6.07) is 7.00. The molecule has 6 nitrogen and oxygen atoms in total. The van der Waals surface area contributed by atoms with Crippen molar-refractivity contribution in [2.75, 3.05) is 12.5 Å². The number of anilines is 1. The van der Waals surface area contributed by atoms with Gasteiger partial charge < -0.3 is 4.74 Å². The fourth-order valence-electron chi connectivity index (χ4n) is 1.26. The summed E-state index contributed by atoms with van der Waals surface area (Å²) in [5.41, 5.74) is 3.97. The Kier molecular flexibility index (Phi) is 2.81. The van der Waals surface area contributed by atoms with Crippen molar-refractivity contribution in [2.45, 2.75) is 0 Å². The lowest BCUT2D eigenvalue weighted by Gasteiger charge is -2.09. The lowest BCUT2D eigenvalue weighted by Crippen LogP contribution is -2.13. The largest absolute Gasteiger partial charge is 0.465 e. The summed E-state index contributed by atoms with van der Waals surface area (Å²) in [7, 11) is 1.34. The maximum atomic E-state index is 11.5. The maximum absolute atomic E-state index is 11.5. The number of aromatic nitrogens is 3. The number of carbonyl (C=O) groups excluding carboxylic acids is 1. The topological polar surface area (TPSA) is 69.0 Å². The first-order valence-electron chi connectivity index (χ1n) is 4.62. The molecule has 82 valence electrons. The number of carbonyl (C=O) groups is 1. The van der Waals surface area contributed by atoms with E-state index in [9.17, 15) is 4.79 Å². The lowest BCUT2D eigenvalue weighted by molar-refractivity contribution is 0.0602. The van der Waals surface area contributed by atoms with E-state index in [0.29, 0.717) is 11.3 Å². The standard InChI is InChI=1S/C10H10N4O2/c1-16-10(15)8-4-2-3-5-9(8)12-14-7-6-11-13-14/h2-7,12H,1H3. The summed E-state index contributed by atoms with van der Waals surface area (Å²) >= 11 is 0. The molecule has 0 atom stereocenters. The van der Waals surface area contributed by atoms with Crippen molar-refractivity contribution in [3.05, 3.63) is 42.2 Å². The van der Waals surface area contributed by atoms with Crippen LogP contribution in [0.3, 0.4) is 0 Å². The third-order valence-electron chi connectivity index (χ3n) is 1.99. The average molecular weight is 218 g/mol. The molecule has 0 unspecified atom stereocenters. The number of methoxy groups -OCH3 is 1. The number of nitrogens with zero attached hydrogens (tertiary/aromatic N) is 3. The van der Waals surface area contributed by atoms with Gasteiger partial charge in [0.1, 0.15) is 0 Å². The molecule has 1 heterocycles. The van der Waals surface area contributed by atoms with Gasteiger partial charge in [0.2, 0.25) is 0 Å². The Morgan fingerprint density at radius 3 is 2.94 bits per heavy atom. The van der Waals surface area contributed by atoms with Crippen LogP contribution in [-0.4, -0.2) is 28.2 Å². The third kappa shape index (κ3) is 2.00. The van der Waals surface area contributed by atoms with Gasteiger partial charge >= 0.3 is 5.97 Å². The zero-order valence-corrected chi connectivity index (χ0v) is 8.62. The average Bonchev–Trinajstić information content (AvgIpc) is 2.82. The third-order valence-corrected chi connectivity index (χ3v) is 1.99. The Morgan fingerprint density at radius 1 is 1.44 bits per heavy atom. The van der Waals surface area contributed by atoms with Crippen molar-refractivity contribution < 1.29 is 9.53 Å². The van der Waals surface area contributed by atoms with Crippen molar-refractivity contribution in [3.8, 4) is 0 Å². The molecule has 2 rings (SSSR count). The van der Waals surface area contributed by atoms with E-state index < -0.39 is 5.97 Å². The highest BCUT2D eigenvalue weighted by Crippen LogP contribution is 2.15. The molecule has 0 fully saturated rings. The first-order chi connectivity index (χ1) is 7.81.